The Morgan fingerprint density at radius 1 is 1.29 bits per heavy atom. The van der Waals surface area contributed by atoms with Gasteiger partial charge in [0.2, 0.25) is 0 Å². The van der Waals surface area contributed by atoms with Crippen LogP contribution in [0.2, 0.25) is 0 Å². The lowest BCUT2D eigenvalue weighted by molar-refractivity contribution is 0.102. The van der Waals surface area contributed by atoms with E-state index >= 15 is 0 Å². The van der Waals surface area contributed by atoms with Gasteiger partial charge >= 0.3 is 0 Å². The minimum absolute atomic E-state index is 0.203. The third-order valence-electron chi connectivity index (χ3n) is 4.91. The van der Waals surface area contributed by atoms with Crippen LogP contribution in [0, 0.1) is 4.77 Å². The number of hydrogen-bond donors (Lipinski definition) is 2. The number of aromatic nitrogens is 2. The number of benzene rings is 2. The third kappa shape index (κ3) is 3.97. The number of rotatable bonds is 6. The summed E-state index contributed by atoms with van der Waals surface area (Å²) in [6, 6.07) is 12.8. The fourth-order valence-corrected chi connectivity index (χ4v) is 3.29. The Kier molecular flexibility index (Phi) is 5.90. The zero-order valence-electron chi connectivity index (χ0n) is 16.0. The molecule has 0 aliphatic rings. The van der Waals surface area contributed by atoms with Crippen molar-refractivity contribution in [3.63, 3.8) is 0 Å². The molecule has 3 rings (SSSR count). The summed E-state index contributed by atoms with van der Waals surface area (Å²) in [5.74, 6) is 0.242. The number of nitrogens with one attached hydrogen (secondary N) is 2. The molecule has 1 amide bonds. The normalized spacial score (nSPS) is 11.9. The molecule has 0 radical (unpaired) electrons. The van der Waals surface area contributed by atoms with Crippen LogP contribution >= 0.6 is 12.2 Å². The largest absolute Gasteiger partial charge is 0.332 e. The second-order valence-electron chi connectivity index (χ2n) is 6.78. The second-order valence-corrected chi connectivity index (χ2v) is 7.17. The maximum atomic E-state index is 12.6. The van der Waals surface area contributed by atoms with Crippen molar-refractivity contribution in [3.8, 4) is 0 Å². The first kappa shape index (κ1) is 19.8. The van der Waals surface area contributed by atoms with E-state index in [4.69, 9.17) is 12.2 Å². The van der Waals surface area contributed by atoms with Crippen LogP contribution in [0.15, 0.2) is 59.9 Å². The quantitative estimate of drug-likeness (QED) is 0.457. The maximum absolute atomic E-state index is 12.6. The maximum Gasteiger partial charge on any atom is 0.262 e. The molecule has 144 valence electrons. The van der Waals surface area contributed by atoms with Crippen LogP contribution < -0.4 is 10.9 Å². The Hall–Kier alpha value is -2.99. The number of carbonyl (C=O) groups is 1. The molecule has 0 saturated heterocycles. The first-order chi connectivity index (χ1) is 13.4. The highest BCUT2D eigenvalue weighted by atomic mass is 32.1. The van der Waals surface area contributed by atoms with Gasteiger partial charge in [0.1, 0.15) is 0 Å². The molecule has 1 atom stereocenters. The number of H-pyrrole nitrogens is 1. The fourth-order valence-electron chi connectivity index (χ4n) is 3.02. The Labute approximate surface area is 168 Å². The van der Waals surface area contributed by atoms with Crippen molar-refractivity contribution in [1.82, 2.24) is 9.55 Å². The summed E-state index contributed by atoms with van der Waals surface area (Å²) in [6.07, 6.45) is 2.68. The molecular formula is C22H23N3O2S. The first-order valence-electron chi connectivity index (χ1n) is 9.23. The average Bonchev–Trinajstić information content (AvgIpc) is 2.70. The van der Waals surface area contributed by atoms with Crippen LogP contribution in [0.25, 0.3) is 10.9 Å². The highest BCUT2D eigenvalue weighted by Gasteiger charge is 2.11. The predicted octanol–water partition coefficient (Wildman–Crippen LogP) is 5.01. The van der Waals surface area contributed by atoms with E-state index < -0.39 is 0 Å². The number of carbonyl (C=O) groups excluding carboxylic acids is 1. The van der Waals surface area contributed by atoms with Crippen molar-refractivity contribution in [2.45, 2.75) is 32.7 Å². The molecule has 5 nitrogen and oxygen atoms in total. The highest BCUT2D eigenvalue weighted by molar-refractivity contribution is 7.71. The lowest BCUT2D eigenvalue weighted by atomic mass is 9.98. The van der Waals surface area contributed by atoms with Crippen LogP contribution in [-0.4, -0.2) is 15.5 Å². The van der Waals surface area contributed by atoms with E-state index in [1.165, 1.54) is 10.1 Å². The van der Waals surface area contributed by atoms with Gasteiger partial charge in [0.25, 0.3) is 11.5 Å². The van der Waals surface area contributed by atoms with Crippen LogP contribution in [0.1, 0.15) is 42.1 Å². The number of amides is 1. The van der Waals surface area contributed by atoms with E-state index in [1.807, 2.05) is 24.3 Å². The van der Waals surface area contributed by atoms with Crippen molar-refractivity contribution in [2.24, 2.45) is 0 Å². The van der Waals surface area contributed by atoms with Gasteiger partial charge in [0.05, 0.1) is 10.9 Å². The molecule has 0 unspecified atom stereocenters. The topological polar surface area (TPSA) is 66.9 Å². The fraction of sp³-hybridized carbons (Fsp3) is 0.227. The second kappa shape index (κ2) is 8.35. The van der Waals surface area contributed by atoms with Crippen molar-refractivity contribution in [2.75, 3.05) is 5.32 Å². The lowest BCUT2D eigenvalue weighted by Gasteiger charge is -2.11. The van der Waals surface area contributed by atoms with E-state index in [1.54, 1.807) is 24.3 Å². The molecule has 6 heteroatoms. The van der Waals surface area contributed by atoms with E-state index in [9.17, 15) is 9.59 Å². The molecule has 0 bridgehead atoms. The van der Waals surface area contributed by atoms with Crippen molar-refractivity contribution >= 4 is 34.7 Å². The summed E-state index contributed by atoms with van der Waals surface area (Å²) < 4.78 is 1.74. The number of hydrogen-bond acceptors (Lipinski definition) is 3. The first-order valence-corrected chi connectivity index (χ1v) is 9.64. The van der Waals surface area contributed by atoms with Crippen LogP contribution in [0.5, 0.6) is 0 Å². The molecule has 28 heavy (non-hydrogen) atoms. The van der Waals surface area contributed by atoms with Gasteiger partial charge in [-0.2, -0.15) is 0 Å². The van der Waals surface area contributed by atoms with Crippen LogP contribution in [0.4, 0.5) is 5.69 Å². The Morgan fingerprint density at radius 3 is 2.64 bits per heavy atom. The molecule has 0 saturated carbocycles. The number of fused-ring (bicyclic) bond motifs is 1. The van der Waals surface area contributed by atoms with Crippen LogP contribution in [0.3, 0.4) is 0 Å². The summed E-state index contributed by atoms with van der Waals surface area (Å²) >= 11 is 5.25. The molecule has 1 heterocycles. The Balaban J connectivity index is 1.88. The number of aromatic amines is 1. The molecule has 0 aliphatic heterocycles. The van der Waals surface area contributed by atoms with E-state index in [-0.39, 0.29) is 11.5 Å². The highest BCUT2D eigenvalue weighted by Crippen LogP contribution is 2.21. The summed E-state index contributed by atoms with van der Waals surface area (Å²) in [4.78, 5) is 28.2. The number of nitrogens with zero attached hydrogens (tertiary/aromatic N) is 1. The van der Waals surface area contributed by atoms with Gasteiger partial charge < -0.3 is 10.3 Å². The number of anilines is 1. The van der Waals surface area contributed by atoms with Gasteiger partial charge in [0.15, 0.2) is 4.77 Å². The lowest BCUT2D eigenvalue weighted by Crippen LogP contribution is -2.22. The van der Waals surface area contributed by atoms with E-state index in [0.29, 0.717) is 33.7 Å². The summed E-state index contributed by atoms with van der Waals surface area (Å²) in [5.41, 5.74) is 2.76. The molecule has 2 N–H and O–H groups in total. The van der Waals surface area contributed by atoms with Gasteiger partial charge in [0, 0.05) is 17.8 Å². The van der Waals surface area contributed by atoms with Gasteiger partial charge in [-0.3, -0.25) is 14.2 Å². The van der Waals surface area contributed by atoms with Gasteiger partial charge in [-0.25, -0.2) is 0 Å². The zero-order chi connectivity index (χ0) is 20.3. The van der Waals surface area contributed by atoms with E-state index in [0.717, 1.165) is 12.1 Å². The molecule has 0 spiro atoms. The Bertz CT molecular complexity index is 1140. The zero-order valence-corrected chi connectivity index (χ0v) is 16.8. The monoisotopic (exact) mass is 393 g/mol. The molecular weight excluding hydrogens is 370 g/mol. The molecule has 1 aromatic heterocycles. The molecule has 0 fully saturated rings. The van der Waals surface area contributed by atoms with E-state index in [2.05, 4.69) is 30.7 Å². The standard InChI is InChI=1S/C22H23N3O2S/c1-4-12-25-21(27)18-11-8-16(13-19(18)24-22(25)28)20(26)23-17-9-6-15(7-10-17)14(3)5-2/h4,6-11,13-14H,1,5,12H2,2-3H3,(H,23,26)(H,24,28)/t14-/m1/s1. The third-order valence-corrected chi connectivity index (χ3v) is 5.23. The summed E-state index contributed by atoms with van der Waals surface area (Å²) in [6.45, 7) is 8.30. The van der Waals surface area contributed by atoms with Gasteiger partial charge in [-0.15, -0.1) is 6.58 Å². The summed E-state index contributed by atoms with van der Waals surface area (Å²) in [7, 11) is 0. The summed E-state index contributed by atoms with van der Waals surface area (Å²) in [5, 5.41) is 3.37. The minimum Gasteiger partial charge on any atom is -0.332 e. The smallest absolute Gasteiger partial charge is 0.262 e. The van der Waals surface area contributed by atoms with Crippen molar-refractivity contribution in [1.29, 1.82) is 0 Å². The minimum atomic E-state index is -0.243. The van der Waals surface area contributed by atoms with Crippen molar-refractivity contribution in [3.05, 3.63) is 81.4 Å². The van der Waals surface area contributed by atoms with Gasteiger partial charge in [-0.05, 0) is 60.5 Å². The molecule has 0 aliphatic carbocycles. The Morgan fingerprint density at radius 2 is 2.00 bits per heavy atom. The molecule has 3 aromatic rings. The predicted molar refractivity (Wildman–Crippen MR) is 117 cm³/mol. The number of allylic oxidation sites excluding steroid dienone is 1. The SMILES string of the molecule is C=CCn1c(=S)[nH]c2cc(C(=O)Nc3ccc([C@H](C)CC)cc3)ccc2c1=O. The average molecular weight is 394 g/mol. The van der Waals surface area contributed by atoms with Gasteiger partial charge in [-0.1, -0.05) is 32.1 Å². The van der Waals surface area contributed by atoms with Crippen LogP contribution in [-0.2, 0) is 6.54 Å². The molecule has 2 aromatic carbocycles. The van der Waals surface area contributed by atoms with Crippen molar-refractivity contribution < 1.29 is 4.79 Å².